The second-order valence-corrected chi connectivity index (χ2v) is 7.12. The molecule has 0 unspecified atom stereocenters. The zero-order valence-corrected chi connectivity index (χ0v) is 14.9. The van der Waals surface area contributed by atoms with Gasteiger partial charge in [-0.1, -0.05) is 18.2 Å². The van der Waals surface area contributed by atoms with Crippen molar-refractivity contribution in [2.45, 2.75) is 19.4 Å². The van der Waals surface area contributed by atoms with Crippen LogP contribution in [0.5, 0.6) is 5.75 Å². The Balaban J connectivity index is 1.64. The lowest BCUT2D eigenvalue weighted by Crippen LogP contribution is -2.27. The highest BCUT2D eigenvalue weighted by Gasteiger charge is 2.26. The fraction of sp³-hybridized carbons (Fsp3) is 0.333. The lowest BCUT2D eigenvalue weighted by Gasteiger charge is -2.22. The number of carbonyl (C=O) groups excluding carboxylic acids is 2. The van der Waals surface area contributed by atoms with Crippen molar-refractivity contribution in [2.75, 3.05) is 25.5 Å². The summed E-state index contributed by atoms with van der Waals surface area (Å²) in [6.45, 7) is 1.92. The maximum atomic E-state index is 12.2. The number of benzene rings is 1. The molecular formula is C18H21N3O3S. The zero-order chi connectivity index (χ0) is 17.8. The van der Waals surface area contributed by atoms with E-state index in [1.54, 1.807) is 0 Å². The Morgan fingerprint density at radius 2 is 2.08 bits per heavy atom. The third kappa shape index (κ3) is 4.18. The minimum Gasteiger partial charge on any atom is -0.493 e. The molecule has 0 saturated heterocycles. The van der Waals surface area contributed by atoms with Crippen LogP contribution in [-0.2, 0) is 17.8 Å². The number of primary amides is 1. The van der Waals surface area contributed by atoms with Gasteiger partial charge in [-0.25, -0.2) is 0 Å². The van der Waals surface area contributed by atoms with Crippen molar-refractivity contribution in [3.63, 3.8) is 0 Å². The summed E-state index contributed by atoms with van der Waals surface area (Å²) in [6.07, 6.45) is 0.975. The van der Waals surface area contributed by atoms with Gasteiger partial charge in [-0.15, -0.1) is 11.3 Å². The molecule has 1 aliphatic heterocycles. The fourth-order valence-electron chi connectivity index (χ4n) is 2.85. The summed E-state index contributed by atoms with van der Waals surface area (Å²) in [5, 5.41) is 3.38. The predicted molar refractivity (Wildman–Crippen MR) is 98.1 cm³/mol. The van der Waals surface area contributed by atoms with Crippen molar-refractivity contribution >= 4 is 28.2 Å². The summed E-state index contributed by atoms with van der Waals surface area (Å²) >= 11 is 1.44. The second kappa shape index (κ2) is 7.67. The normalized spacial score (nSPS) is 14.0. The summed E-state index contributed by atoms with van der Waals surface area (Å²) in [5.41, 5.74) is 6.99. The smallest absolute Gasteiger partial charge is 0.251 e. The van der Waals surface area contributed by atoms with Crippen molar-refractivity contribution in [1.29, 1.82) is 0 Å². The van der Waals surface area contributed by atoms with Crippen molar-refractivity contribution in [1.82, 2.24) is 4.90 Å². The van der Waals surface area contributed by atoms with Crippen LogP contribution in [0.2, 0.25) is 0 Å². The molecule has 3 rings (SSSR count). The Morgan fingerprint density at radius 3 is 2.80 bits per heavy atom. The molecule has 2 amide bonds. The summed E-state index contributed by atoms with van der Waals surface area (Å²) in [6, 6.07) is 9.34. The Labute approximate surface area is 150 Å². The van der Waals surface area contributed by atoms with Crippen LogP contribution < -0.4 is 15.8 Å². The highest BCUT2D eigenvalue weighted by Crippen LogP contribution is 2.36. The number of fused-ring (bicyclic) bond motifs is 1. The molecule has 25 heavy (non-hydrogen) atoms. The van der Waals surface area contributed by atoms with Gasteiger partial charge in [-0.2, -0.15) is 0 Å². The maximum Gasteiger partial charge on any atom is 0.251 e. The first-order valence-electron chi connectivity index (χ1n) is 8.15. The van der Waals surface area contributed by atoms with Gasteiger partial charge in [0.15, 0.2) is 0 Å². The van der Waals surface area contributed by atoms with Gasteiger partial charge in [0.05, 0.1) is 18.6 Å². The number of amides is 2. The van der Waals surface area contributed by atoms with E-state index in [1.165, 1.54) is 11.3 Å². The van der Waals surface area contributed by atoms with Crippen LogP contribution in [-0.4, -0.2) is 36.9 Å². The number of thiophene rings is 1. The van der Waals surface area contributed by atoms with Crippen molar-refractivity contribution in [3.05, 3.63) is 46.3 Å². The van der Waals surface area contributed by atoms with Crippen LogP contribution in [0, 0.1) is 0 Å². The van der Waals surface area contributed by atoms with E-state index in [0.717, 1.165) is 35.7 Å². The summed E-state index contributed by atoms with van der Waals surface area (Å²) in [4.78, 5) is 27.3. The number of likely N-dealkylation sites (N-methyl/N-ethyl adjacent to an activating group) is 1. The van der Waals surface area contributed by atoms with E-state index < -0.39 is 5.91 Å². The standard InChI is InChI=1S/C18H21N3O3S/c1-21-9-7-13-14(11-21)25-18(16(13)17(19)23)20-15(22)8-10-24-12-5-3-2-4-6-12/h2-6H,7-11H2,1H3,(H2,19,23)(H,20,22). The number of hydrogen-bond donors (Lipinski definition) is 2. The van der Waals surface area contributed by atoms with Gasteiger partial charge in [0.2, 0.25) is 5.91 Å². The average Bonchev–Trinajstić information content (AvgIpc) is 2.92. The van der Waals surface area contributed by atoms with Crippen LogP contribution in [0.15, 0.2) is 30.3 Å². The molecule has 1 aromatic heterocycles. The van der Waals surface area contributed by atoms with Crippen molar-refractivity contribution < 1.29 is 14.3 Å². The van der Waals surface area contributed by atoms with E-state index in [-0.39, 0.29) is 18.9 Å². The van der Waals surface area contributed by atoms with E-state index in [2.05, 4.69) is 10.2 Å². The first kappa shape index (κ1) is 17.4. The topological polar surface area (TPSA) is 84.7 Å². The summed E-state index contributed by atoms with van der Waals surface area (Å²) in [7, 11) is 2.03. The molecule has 0 spiro atoms. The van der Waals surface area contributed by atoms with E-state index >= 15 is 0 Å². The Bertz CT molecular complexity index is 773. The van der Waals surface area contributed by atoms with Gasteiger partial charge in [0, 0.05) is 18.0 Å². The Kier molecular flexibility index (Phi) is 5.35. The van der Waals surface area contributed by atoms with E-state index in [1.807, 2.05) is 37.4 Å². The number of ether oxygens (including phenoxy) is 1. The molecule has 0 atom stereocenters. The number of nitrogens with zero attached hydrogens (tertiary/aromatic N) is 1. The van der Waals surface area contributed by atoms with Gasteiger partial charge in [-0.05, 0) is 31.2 Å². The van der Waals surface area contributed by atoms with Gasteiger partial charge in [0.25, 0.3) is 5.91 Å². The molecule has 7 heteroatoms. The lowest BCUT2D eigenvalue weighted by molar-refractivity contribution is -0.116. The number of hydrogen-bond acceptors (Lipinski definition) is 5. The number of anilines is 1. The molecule has 132 valence electrons. The average molecular weight is 359 g/mol. The minimum atomic E-state index is -0.488. The SMILES string of the molecule is CN1CCc2c(sc(NC(=O)CCOc3ccccc3)c2C(N)=O)C1. The number of nitrogens with two attached hydrogens (primary N) is 1. The minimum absolute atomic E-state index is 0.189. The van der Waals surface area contributed by atoms with Crippen LogP contribution >= 0.6 is 11.3 Å². The second-order valence-electron chi connectivity index (χ2n) is 6.02. The van der Waals surface area contributed by atoms with Crippen LogP contribution in [0.3, 0.4) is 0 Å². The molecule has 1 aliphatic rings. The maximum absolute atomic E-state index is 12.2. The van der Waals surface area contributed by atoms with Crippen molar-refractivity contribution in [2.24, 2.45) is 5.73 Å². The largest absolute Gasteiger partial charge is 0.493 e. The van der Waals surface area contributed by atoms with E-state index in [4.69, 9.17) is 10.5 Å². The van der Waals surface area contributed by atoms with Gasteiger partial charge in [0.1, 0.15) is 10.8 Å². The summed E-state index contributed by atoms with van der Waals surface area (Å²) in [5.74, 6) is 0.0472. The lowest BCUT2D eigenvalue weighted by atomic mass is 10.0. The zero-order valence-electron chi connectivity index (χ0n) is 14.1. The molecule has 2 aromatic rings. The quantitative estimate of drug-likeness (QED) is 0.828. The third-order valence-corrected chi connectivity index (χ3v) is 5.22. The highest BCUT2D eigenvalue weighted by atomic mass is 32.1. The van der Waals surface area contributed by atoms with Crippen molar-refractivity contribution in [3.8, 4) is 5.75 Å². The molecule has 2 heterocycles. The molecule has 0 bridgehead atoms. The number of carbonyl (C=O) groups is 2. The van der Waals surface area contributed by atoms with Gasteiger partial charge in [-0.3, -0.25) is 9.59 Å². The third-order valence-electron chi connectivity index (χ3n) is 4.09. The Hall–Kier alpha value is -2.38. The monoisotopic (exact) mass is 359 g/mol. The van der Waals surface area contributed by atoms with Crippen LogP contribution in [0.4, 0.5) is 5.00 Å². The number of para-hydroxylation sites is 1. The predicted octanol–water partition coefficient (Wildman–Crippen LogP) is 2.24. The molecule has 1 aromatic carbocycles. The molecular weight excluding hydrogens is 338 g/mol. The highest BCUT2D eigenvalue weighted by molar-refractivity contribution is 7.17. The number of rotatable bonds is 6. The van der Waals surface area contributed by atoms with E-state index in [9.17, 15) is 9.59 Å². The molecule has 0 fully saturated rings. The molecule has 3 N–H and O–H groups in total. The summed E-state index contributed by atoms with van der Waals surface area (Å²) < 4.78 is 5.53. The van der Waals surface area contributed by atoms with Gasteiger partial charge >= 0.3 is 0 Å². The molecule has 6 nitrogen and oxygen atoms in total. The van der Waals surface area contributed by atoms with Crippen LogP contribution in [0.1, 0.15) is 27.2 Å². The Morgan fingerprint density at radius 1 is 1.32 bits per heavy atom. The molecule has 0 saturated carbocycles. The number of nitrogens with one attached hydrogen (secondary N) is 1. The van der Waals surface area contributed by atoms with Crippen LogP contribution in [0.25, 0.3) is 0 Å². The van der Waals surface area contributed by atoms with Gasteiger partial charge < -0.3 is 20.7 Å². The molecule has 0 aliphatic carbocycles. The molecule has 0 radical (unpaired) electrons. The fourth-order valence-corrected chi connectivity index (χ4v) is 4.20. The first-order chi connectivity index (χ1) is 12.0. The first-order valence-corrected chi connectivity index (χ1v) is 8.97. The van der Waals surface area contributed by atoms with E-state index in [0.29, 0.717) is 10.6 Å².